The standard InChI is InChI=1S/C8H12N2O2/c1-8(2,12)7(11)9-10-5-3-4-6-10/h3-6,12H,1-2H3,(H,9,11). The van der Waals surface area contributed by atoms with Crippen LogP contribution >= 0.6 is 0 Å². The van der Waals surface area contributed by atoms with Gasteiger partial charge in [0.05, 0.1) is 0 Å². The highest BCUT2D eigenvalue weighted by Crippen LogP contribution is 2.00. The molecule has 0 aliphatic carbocycles. The minimum absolute atomic E-state index is 0.432. The summed E-state index contributed by atoms with van der Waals surface area (Å²) in [6, 6.07) is 3.56. The summed E-state index contributed by atoms with van der Waals surface area (Å²) in [7, 11) is 0. The molecule has 1 aromatic rings. The Hall–Kier alpha value is -1.29. The first-order valence-electron chi connectivity index (χ1n) is 3.67. The van der Waals surface area contributed by atoms with Gasteiger partial charge < -0.3 is 5.11 Å². The SMILES string of the molecule is CC(C)(O)C(=O)Nn1cccc1. The number of carbonyl (C=O) groups is 1. The molecule has 0 aliphatic rings. The molecule has 0 saturated heterocycles. The van der Waals surface area contributed by atoms with Gasteiger partial charge in [0.2, 0.25) is 0 Å². The van der Waals surface area contributed by atoms with Gasteiger partial charge in [-0.2, -0.15) is 0 Å². The average Bonchev–Trinajstić information content (AvgIpc) is 2.37. The molecule has 0 saturated carbocycles. The van der Waals surface area contributed by atoms with Crippen molar-refractivity contribution in [3.63, 3.8) is 0 Å². The van der Waals surface area contributed by atoms with E-state index in [1.54, 1.807) is 24.5 Å². The third kappa shape index (κ3) is 2.10. The highest BCUT2D eigenvalue weighted by Gasteiger charge is 2.23. The van der Waals surface area contributed by atoms with Gasteiger partial charge in [-0.05, 0) is 26.0 Å². The monoisotopic (exact) mass is 168 g/mol. The van der Waals surface area contributed by atoms with E-state index in [1.807, 2.05) is 0 Å². The molecule has 0 unspecified atom stereocenters. The van der Waals surface area contributed by atoms with Crippen LogP contribution in [0.4, 0.5) is 0 Å². The molecule has 0 aliphatic heterocycles. The number of nitrogens with zero attached hydrogens (tertiary/aromatic N) is 1. The van der Waals surface area contributed by atoms with Gasteiger partial charge >= 0.3 is 0 Å². The smallest absolute Gasteiger partial charge is 0.270 e. The molecule has 1 heterocycles. The number of rotatable bonds is 2. The molecule has 0 atom stereocenters. The number of amides is 1. The van der Waals surface area contributed by atoms with E-state index in [0.29, 0.717) is 0 Å². The number of aromatic nitrogens is 1. The fraction of sp³-hybridized carbons (Fsp3) is 0.375. The molecule has 4 heteroatoms. The van der Waals surface area contributed by atoms with Gasteiger partial charge in [0.15, 0.2) is 0 Å². The van der Waals surface area contributed by atoms with Gasteiger partial charge in [0.25, 0.3) is 5.91 Å². The quantitative estimate of drug-likeness (QED) is 0.668. The molecule has 0 bridgehead atoms. The summed E-state index contributed by atoms with van der Waals surface area (Å²) in [4.78, 5) is 11.2. The van der Waals surface area contributed by atoms with E-state index in [9.17, 15) is 9.90 Å². The van der Waals surface area contributed by atoms with E-state index >= 15 is 0 Å². The Kier molecular flexibility index (Phi) is 2.19. The van der Waals surface area contributed by atoms with Crippen LogP contribution in [0.15, 0.2) is 24.5 Å². The fourth-order valence-electron chi connectivity index (χ4n) is 0.663. The zero-order valence-electron chi connectivity index (χ0n) is 7.11. The predicted molar refractivity (Wildman–Crippen MR) is 45.1 cm³/mol. The van der Waals surface area contributed by atoms with Crippen LogP contribution in [-0.4, -0.2) is 21.3 Å². The molecule has 4 nitrogen and oxygen atoms in total. The Bertz CT molecular complexity index is 259. The number of hydrogen-bond donors (Lipinski definition) is 2. The lowest BCUT2D eigenvalue weighted by atomic mass is 10.1. The van der Waals surface area contributed by atoms with Gasteiger partial charge in [0.1, 0.15) is 5.60 Å². The molecule has 66 valence electrons. The molecule has 0 spiro atoms. The molecular weight excluding hydrogens is 156 g/mol. The van der Waals surface area contributed by atoms with E-state index < -0.39 is 11.5 Å². The maximum Gasteiger partial charge on any atom is 0.270 e. The largest absolute Gasteiger partial charge is 0.381 e. The zero-order valence-corrected chi connectivity index (χ0v) is 7.11. The van der Waals surface area contributed by atoms with Crippen LogP contribution < -0.4 is 5.43 Å². The predicted octanol–water partition coefficient (Wildman–Crippen LogP) is 0.329. The summed E-state index contributed by atoms with van der Waals surface area (Å²) in [5.74, 6) is -0.432. The Morgan fingerprint density at radius 1 is 1.42 bits per heavy atom. The van der Waals surface area contributed by atoms with Crippen LogP contribution in [0.3, 0.4) is 0 Å². The first-order valence-corrected chi connectivity index (χ1v) is 3.67. The van der Waals surface area contributed by atoms with Crippen LogP contribution in [0.2, 0.25) is 0 Å². The molecule has 1 amide bonds. The van der Waals surface area contributed by atoms with E-state index in [2.05, 4.69) is 5.43 Å². The first-order chi connectivity index (χ1) is 5.50. The van der Waals surface area contributed by atoms with Crippen LogP contribution in [0.5, 0.6) is 0 Å². The molecular formula is C8H12N2O2. The second kappa shape index (κ2) is 2.98. The van der Waals surface area contributed by atoms with E-state index in [4.69, 9.17) is 0 Å². The highest BCUT2D eigenvalue weighted by atomic mass is 16.3. The summed E-state index contributed by atoms with van der Waals surface area (Å²) >= 11 is 0. The van der Waals surface area contributed by atoms with Crippen molar-refractivity contribution in [2.45, 2.75) is 19.4 Å². The van der Waals surface area contributed by atoms with Crippen molar-refractivity contribution in [3.05, 3.63) is 24.5 Å². The van der Waals surface area contributed by atoms with Crippen molar-refractivity contribution >= 4 is 5.91 Å². The number of aliphatic hydroxyl groups is 1. The van der Waals surface area contributed by atoms with Crippen LogP contribution in [0, 0.1) is 0 Å². The van der Waals surface area contributed by atoms with Crippen molar-refractivity contribution < 1.29 is 9.90 Å². The molecule has 2 N–H and O–H groups in total. The van der Waals surface area contributed by atoms with Crippen molar-refractivity contribution in [3.8, 4) is 0 Å². The van der Waals surface area contributed by atoms with Crippen molar-refractivity contribution in [2.24, 2.45) is 0 Å². The van der Waals surface area contributed by atoms with Crippen molar-refractivity contribution in [1.82, 2.24) is 4.68 Å². The minimum atomic E-state index is -1.34. The van der Waals surface area contributed by atoms with Crippen molar-refractivity contribution in [2.75, 3.05) is 5.43 Å². The Morgan fingerprint density at radius 2 is 1.92 bits per heavy atom. The summed E-state index contributed by atoms with van der Waals surface area (Å²) < 4.78 is 1.49. The molecule has 0 fully saturated rings. The first kappa shape index (κ1) is 8.80. The van der Waals surface area contributed by atoms with Gasteiger partial charge in [-0.15, -0.1) is 0 Å². The second-order valence-corrected chi connectivity index (χ2v) is 3.09. The maximum atomic E-state index is 11.2. The Balaban J connectivity index is 2.60. The lowest BCUT2D eigenvalue weighted by Crippen LogP contribution is -2.40. The van der Waals surface area contributed by atoms with Crippen molar-refractivity contribution in [1.29, 1.82) is 0 Å². The third-order valence-corrected chi connectivity index (χ3v) is 1.39. The lowest BCUT2D eigenvalue weighted by Gasteiger charge is -2.16. The molecule has 1 rings (SSSR count). The molecule has 12 heavy (non-hydrogen) atoms. The highest BCUT2D eigenvalue weighted by molar-refractivity contribution is 5.90. The Morgan fingerprint density at radius 3 is 2.33 bits per heavy atom. The van der Waals surface area contributed by atoms with E-state index in [1.165, 1.54) is 18.5 Å². The Labute approximate surface area is 70.8 Å². The third-order valence-electron chi connectivity index (χ3n) is 1.39. The lowest BCUT2D eigenvalue weighted by molar-refractivity contribution is -0.131. The average molecular weight is 168 g/mol. The minimum Gasteiger partial charge on any atom is -0.381 e. The molecule has 1 aromatic heterocycles. The summed E-state index contributed by atoms with van der Waals surface area (Å²) in [6.45, 7) is 2.87. The van der Waals surface area contributed by atoms with Gasteiger partial charge in [0, 0.05) is 12.4 Å². The second-order valence-electron chi connectivity index (χ2n) is 3.09. The van der Waals surface area contributed by atoms with E-state index in [0.717, 1.165) is 0 Å². The van der Waals surface area contributed by atoms with Gasteiger partial charge in [-0.1, -0.05) is 0 Å². The van der Waals surface area contributed by atoms with Gasteiger partial charge in [-0.3, -0.25) is 14.9 Å². The van der Waals surface area contributed by atoms with Crippen LogP contribution in [0.25, 0.3) is 0 Å². The number of carbonyl (C=O) groups excluding carboxylic acids is 1. The fourth-order valence-corrected chi connectivity index (χ4v) is 0.663. The molecule has 0 radical (unpaired) electrons. The van der Waals surface area contributed by atoms with E-state index in [-0.39, 0.29) is 0 Å². The topological polar surface area (TPSA) is 54.3 Å². The summed E-state index contributed by atoms with van der Waals surface area (Å²) in [5.41, 5.74) is 1.15. The number of nitrogens with one attached hydrogen (secondary N) is 1. The van der Waals surface area contributed by atoms with Gasteiger partial charge in [-0.25, -0.2) is 0 Å². The zero-order chi connectivity index (χ0) is 9.19. The maximum absolute atomic E-state index is 11.2. The molecule has 0 aromatic carbocycles. The normalized spacial score (nSPS) is 11.2. The summed E-state index contributed by atoms with van der Waals surface area (Å²) in [6.07, 6.45) is 3.37. The number of hydrogen-bond acceptors (Lipinski definition) is 2. The van der Waals surface area contributed by atoms with Crippen LogP contribution in [0.1, 0.15) is 13.8 Å². The van der Waals surface area contributed by atoms with Crippen LogP contribution in [-0.2, 0) is 4.79 Å². The summed E-state index contributed by atoms with van der Waals surface area (Å²) in [5, 5.41) is 9.26.